The van der Waals surface area contributed by atoms with Crippen molar-refractivity contribution in [3.63, 3.8) is 0 Å². The highest BCUT2D eigenvalue weighted by Crippen LogP contribution is 2.33. The number of piperidine rings is 1. The van der Waals surface area contributed by atoms with E-state index in [4.69, 9.17) is 4.74 Å². The largest absolute Gasteiger partial charge is 0.497 e. The molecule has 1 atom stereocenters. The number of hydrogen-bond acceptors (Lipinski definition) is 3. The zero-order valence-corrected chi connectivity index (χ0v) is 14.2. The highest BCUT2D eigenvalue weighted by atomic mass is 19.1. The molecule has 2 aromatic carbocycles. The van der Waals surface area contributed by atoms with Crippen LogP contribution >= 0.6 is 0 Å². The summed E-state index contributed by atoms with van der Waals surface area (Å²) in [6.07, 6.45) is 1.22. The standard InChI is InChI=1S/C20H22FNO3/c1-25-18-7-5-14(6-8-18)19(16-3-2-4-17(21)13-16)22-11-9-15(10-12-22)20(23)24/h2-8,13,15,19H,9-12H2,1H3,(H,23,24). The number of aliphatic carboxylic acids is 1. The molecule has 0 aliphatic carbocycles. The first-order chi connectivity index (χ1) is 12.1. The Hall–Kier alpha value is -2.40. The van der Waals surface area contributed by atoms with E-state index in [1.807, 2.05) is 30.3 Å². The zero-order chi connectivity index (χ0) is 17.8. The van der Waals surface area contributed by atoms with Crippen molar-refractivity contribution in [3.05, 3.63) is 65.5 Å². The van der Waals surface area contributed by atoms with Crippen LogP contribution in [0.25, 0.3) is 0 Å². The summed E-state index contributed by atoms with van der Waals surface area (Å²) in [5.74, 6) is -0.519. The molecular formula is C20H22FNO3. The number of rotatable bonds is 5. The molecular weight excluding hydrogens is 321 g/mol. The van der Waals surface area contributed by atoms with Gasteiger partial charge in [-0.25, -0.2) is 4.39 Å². The highest BCUT2D eigenvalue weighted by molar-refractivity contribution is 5.70. The van der Waals surface area contributed by atoms with Crippen LogP contribution in [0, 0.1) is 11.7 Å². The maximum absolute atomic E-state index is 13.8. The van der Waals surface area contributed by atoms with Crippen molar-refractivity contribution in [2.75, 3.05) is 20.2 Å². The average molecular weight is 343 g/mol. The van der Waals surface area contributed by atoms with Crippen molar-refractivity contribution in [1.29, 1.82) is 0 Å². The number of hydrogen-bond donors (Lipinski definition) is 1. The van der Waals surface area contributed by atoms with Crippen molar-refractivity contribution in [3.8, 4) is 5.75 Å². The Bertz CT molecular complexity index is 724. The molecule has 0 amide bonds. The minimum atomic E-state index is -0.730. The summed E-state index contributed by atoms with van der Waals surface area (Å²) >= 11 is 0. The van der Waals surface area contributed by atoms with E-state index < -0.39 is 5.97 Å². The number of carboxylic acids is 1. The van der Waals surface area contributed by atoms with Crippen molar-refractivity contribution >= 4 is 5.97 Å². The fourth-order valence-electron chi connectivity index (χ4n) is 3.48. The molecule has 1 saturated heterocycles. The van der Waals surface area contributed by atoms with E-state index in [1.54, 1.807) is 19.2 Å². The summed E-state index contributed by atoms with van der Waals surface area (Å²) in [7, 11) is 1.62. The van der Waals surface area contributed by atoms with Crippen LogP contribution < -0.4 is 4.74 Å². The first-order valence-corrected chi connectivity index (χ1v) is 8.44. The number of ether oxygens (including phenoxy) is 1. The number of halogens is 1. The molecule has 0 spiro atoms. The fourth-order valence-corrected chi connectivity index (χ4v) is 3.48. The van der Waals surface area contributed by atoms with Crippen LogP contribution in [0.3, 0.4) is 0 Å². The van der Waals surface area contributed by atoms with Gasteiger partial charge in [-0.1, -0.05) is 24.3 Å². The van der Waals surface area contributed by atoms with Gasteiger partial charge < -0.3 is 9.84 Å². The van der Waals surface area contributed by atoms with E-state index in [2.05, 4.69) is 4.90 Å². The zero-order valence-electron chi connectivity index (χ0n) is 14.2. The Morgan fingerprint density at radius 3 is 2.40 bits per heavy atom. The van der Waals surface area contributed by atoms with Gasteiger partial charge in [-0.15, -0.1) is 0 Å². The molecule has 1 N–H and O–H groups in total. The van der Waals surface area contributed by atoms with Crippen molar-refractivity contribution in [2.45, 2.75) is 18.9 Å². The third-order valence-electron chi connectivity index (χ3n) is 4.84. The molecule has 1 unspecified atom stereocenters. The minimum Gasteiger partial charge on any atom is -0.497 e. The number of carbonyl (C=O) groups is 1. The van der Waals surface area contributed by atoms with E-state index in [-0.39, 0.29) is 17.8 Å². The molecule has 4 nitrogen and oxygen atoms in total. The molecule has 0 radical (unpaired) electrons. The fraction of sp³-hybridized carbons (Fsp3) is 0.350. The first kappa shape index (κ1) is 17.4. The Morgan fingerprint density at radius 1 is 1.16 bits per heavy atom. The van der Waals surface area contributed by atoms with Crippen LogP contribution in [0.5, 0.6) is 5.75 Å². The van der Waals surface area contributed by atoms with Gasteiger partial charge in [0.1, 0.15) is 11.6 Å². The van der Waals surface area contributed by atoms with Gasteiger partial charge >= 0.3 is 5.97 Å². The van der Waals surface area contributed by atoms with E-state index in [9.17, 15) is 14.3 Å². The van der Waals surface area contributed by atoms with Gasteiger partial charge in [0, 0.05) is 0 Å². The van der Waals surface area contributed by atoms with Crippen molar-refractivity contribution in [1.82, 2.24) is 4.90 Å². The summed E-state index contributed by atoms with van der Waals surface area (Å²) < 4.78 is 19.0. The molecule has 25 heavy (non-hydrogen) atoms. The molecule has 5 heteroatoms. The lowest BCUT2D eigenvalue weighted by molar-refractivity contribution is -0.143. The van der Waals surface area contributed by atoms with Gasteiger partial charge in [-0.3, -0.25) is 9.69 Å². The predicted molar refractivity (Wildman–Crippen MR) is 93.2 cm³/mol. The van der Waals surface area contributed by atoms with Gasteiger partial charge in [0.05, 0.1) is 19.1 Å². The maximum Gasteiger partial charge on any atom is 0.306 e. The second-order valence-corrected chi connectivity index (χ2v) is 6.38. The summed E-state index contributed by atoms with van der Waals surface area (Å²) in [6.45, 7) is 1.34. The van der Waals surface area contributed by atoms with Gasteiger partial charge in [0.15, 0.2) is 0 Å². The smallest absolute Gasteiger partial charge is 0.306 e. The van der Waals surface area contributed by atoms with Gasteiger partial charge in [-0.2, -0.15) is 0 Å². The Labute approximate surface area is 146 Å². The van der Waals surface area contributed by atoms with Crippen LogP contribution in [0.4, 0.5) is 4.39 Å². The third kappa shape index (κ3) is 3.99. The molecule has 1 heterocycles. The Balaban J connectivity index is 1.90. The Morgan fingerprint density at radius 2 is 1.84 bits per heavy atom. The van der Waals surface area contributed by atoms with Gasteiger partial charge in [0.25, 0.3) is 0 Å². The molecule has 1 fully saturated rings. The quantitative estimate of drug-likeness (QED) is 0.899. The molecule has 3 rings (SSSR count). The second kappa shape index (κ2) is 7.66. The SMILES string of the molecule is COc1ccc(C(c2cccc(F)c2)N2CCC(C(=O)O)CC2)cc1. The summed E-state index contributed by atoms with van der Waals surface area (Å²) in [4.78, 5) is 13.4. The van der Waals surface area contributed by atoms with Crippen LogP contribution in [0.1, 0.15) is 30.0 Å². The monoisotopic (exact) mass is 343 g/mol. The summed E-state index contributed by atoms with van der Waals surface area (Å²) in [5, 5.41) is 9.21. The van der Waals surface area contributed by atoms with Crippen LogP contribution in [-0.4, -0.2) is 36.2 Å². The van der Waals surface area contributed by atoms with E-state index in [0.29, 0.717) is 25.9 Å². The molecule has 2 aromatic rings. The number of benzene rings is 2. The lowest BCUT2D eigenvalue weighted by Crippen LogP contribution is -2.39. The van der Waals surface area contributed by atoms with E-state index in [0.717, 1.165) is 16.9 Å². The molecule has 1 aliphatic heterocycles. The lowest BCUT2D eigenvalue weighted by atomic mass is 9.91. The summed E-state index contributed by atoms with van der Waals surface area (Å²) in [6, 6.07) is 14.3. The lowest BCUT2D eigenvalue weighted by Gasteiger charge is -2.37. The number of nitrogens with zero attached hydrogens (tertiary/aromatic N) is 1. The van der Waals surface area contributed by atoms with E-state index in [1.165, 1.54) is 6.07 Å². The molecule has 0 bridgehead atoms. The van der Waals surface area contributed by atoms with Crippen LogP contribution in [-0.2, 0) is 4.79 Å². The first-order valence-electron chi connectivity index (χ1n) is 8.44. The predicted octanol–water partition coefficient (Wildman–Crippen LogP) is 3.72. The van der Waals surface area contributed by atoms with Crippen molar-refractivity contribution < 1.29 is 19.0 Å². The minimum absolute atomic E-state index is 0.101. The van der Waals surface area contributed by atoms with Gasteiger partial charge in [-0.05, 0) is 61.3 Å². The summed E-state index contributed by atoms with van der Waals surface area (Å²) in [5.41, 5.74) is 1.92. The molecule has 0 aromatic heterocycles. The Kier molecular flexibility index (Phi) is 5.34. The maximum atomic E-state index is 13.8. The van der Waals surface area contributed by atoms with E-state index >= 15 is 0 Å². The topological polar surface area (TPSA) is 49.8 Å². The van der Waals surface area contributed by atoms with Gasteiger partial charge in [0.2, 0.25) is 0 Å². The molecule has 1 aliphatic rings. The van der Waals surface area contributed by atoms with Crippen molar-refractivity contribution in [2.24, 2.45) is 5.92 Å². The normalized spacial score (nSPS) is 17.2. The van der Waals surface area contributed by atoms with Crippen LogP contribution in [0.2, 0.25) is 0 Å². The number of carboxylic acid groups (broad SMARTS) is 1. The van der Waals surface area contributed by atoms with Crippen LogP contribution in [0.15, 0.2) is 48.5 Å². The average Bonchev–Trinajstić information content (AvgIpc) is 2.63. The molecule has 0 saturated carbocycles. The number of likely N-dealkylation sites (tertiary alicyclic amines) is 1. The second-order valence-electron chi connectivity index (χ2n) is 6.38. The molecule has 132 valence electrons. The number of methoxy groups -OCH3 is 1. The third-order valence-corrected chi connectivity index (χ3v) is 4.84. The highest BCUT2D eigenvalue weighted by Gasteiger charge is 2.30.